The maximum absolute atomic E-state index is 8.36. The van der Waals surface area contributed by atoms with Gasteiger partial charge >= 0.3 is 0 Å². The molecule has 2 N–H and O–H groups in total. The zero-order chi connectivity index (χ0) is 16.7. The zero-order valence-corrected chi connectivity index (χ0v) is 14.3. The van der Waals surface area contributed by atoms with Crippen molar-refractivity contribution in [2.45, 2.75) is 17.9 Å². The lowest BCUT2D eigenvalue weighted by atomic mass is 10.1. The number of nitrogens with one attached hydrogen (secondary N) is 1. The number of fused-ring (bicyclic) bond motifs is 1. The maximum atomic E-state index is 8.36. The first kappa shape index (κ1) is 17.7. The third kappa shape index (κ3) is 4.89. The van der Waals surface area contributed by atoms with Crippen molar-refractivity contribution < 1.29 is 14.6 Å². The van der Waals surface area contributed by atoms with Gasteiger partial charge in [0.25, 0.3) is 6.47 Å². The fraction of sp³-hybridized carbons (Fsp3) is 0.235. The van der Waals surface area contributed by atoms with Crippen molar-refractivity contribution in [2.75, 3.05) is 12.8 Å². The van der Waals surface area contributed by atoms with Crippen LogP contribution in [0.25, 0.3) is 0 Å². The third-order valence-electron chi connectivity index (χ3n) is 3.29. The lowest BCUT2D eigenvalue weighted by Gasteiger charge is -2.12. The highest BCUT2D eigenvalue weighted by Crippen LogP contribution is 2.36. The molecule has 122 valence electrons. The summed E-state index contributed by atoms with van der Waals surface area (Å²) in [5.74, 6) is 2.86. The van der Waals surface area contributed by atoms with E-state index < -0.39 is 0 Å². The molecule has 2 aromatic carbocycles. The number of aryl methyl sites for hydroxylation is 1. The molecule has 2 aromatic rings. The minimum Gasteiger partial charge on any atom is -0.483 e. The number of benzene rings is 2. The minimum absolute atomic E-state index is 0.250. The summed E-state index contributed by atoms with van der Waals surface area (Å²) >= 11 is 7.96. The third-order valence-corrected chi connectivity index (χ3v) is 4.63. The molecule has 1 heterocycles. The first-order valence-electron chi connectivity index (χ1n) is 7.12. The van der Waals surface area contributed by atoms with Crippen LogP contribution in [0.2, 0.25) is 5.02 Å². The number of thioether (sulfide) groups is 1. The smallest absolute Gasteiger partial charge is 0.290 e. The quantitative estimate of drug-likeness (QED) is 0.808. The van der Waals surface area contributed by atoms with Gasteiger partial charge in [-0.05, 0) is 43.3 Å². The summed E-state index contributed by atoms with van der Waals surface area (Å²) in [4.78, 5) is 9.69. The van der Waals surface area contributed by atoms with E-state index in [4.69, 9.17) is 26.2 Å². The van der Waals surface area contributed by atoms with Crippen molar-refractivity contribution in [1.29, 1.82) is 0 Å². The van der Waals surface area contributed by atoms with Crippen LogP contribution in [0.5, 0.6) is 11.5 Å². The fourth-order valence-electron chi connectivity index (χ4n) is 2.30. The van der Waals surface area contributed by atoms with Crippen LogP contribution in [0.1, 0.15) is 11.1 Å². The van der Waals surface area contributed by atoms with E-state index >= 15 is 0 Å². The molecular weight excluding hydrogens is 334 g/mol. The topological polar surface area (TPSA) is 58.6 Å². The molecule has 0 atom stereocenters. The number of carboxylic acid groups (broad SMARTS) is 1. The second kappa shape index (κ2) is 8.82. The Bertz CT molecular complexity index is 679. The Hall–Kier alpha value is -1.69. The molecule has 0 aromatic heterocycles. The van der Waals surface area contributed by atoms with Gasteiger partial charge in [0.2, 0.25) is 0 Å². The Morgan fingerprint density at radius 2 is 2.13 bits per heavy atom. The molecular formula is C17H18ClNO3S. The molecule has 4 nitrogen and oxygen atoms in total. The monoisotopic (exact) mass is 351 g/mol. The summed E-state index contributed by atoms with van der Waals surface area (Å²) in [7, 11) is 1.92. The molecule has 0 unspecified atom stereocenters. The molecule has 0 radical (unpaired) electrons. The van der Waals surface area contributed by atoms with E-state index in [1.165, 1.54) is 16.2 Å². The van der Waals surface area contributed by atoms with Gasteiger partial charge in [0, 0.05) is 27.8 Å². The molecule has 0 saturated heterocycles. The van der Waals surface area contributed by atoms with Gasteiger partial charge in [0.1, 0.15) is 11.5 Å². The van der Waals surface area contributed by atoms with Crippen LogP contribution in [-0.4, -0.2) is 24.4 Å². The highest BCUT2D eigenvalue weighted by molar-refractivity contribution is 7.99. The van der Waals surface area contributed by atoms with Crippen LogP contribution < -0.4 is 10.1 Å². The second-order valence-corrected chi connectivity index (χ2v) is 6.43. The van der Waals surface area contributed by atoms with Crippen molar-refractivity contribution in [1.82, 2.24) is 5.32 Å². The molecule has 0 fully saturated rings. The molecule has 6 heteroatoms. The summed E-state index contributed by atoms with van der Waals surface area (Å²) in [6, 6.07) is 12.1. The van der Waals surface area contributed by atoms with Gasteiger partial charge < -0.3 is 15.2 Å². The van der Waals surface area contributed by atoms with E-state index in [0.29, 0.717) is 5.02 Å². The normalized spacial score (nSPS) is 12.1. The first-order valence-corrected chi connectivity index (χ1v) is 8.48. The van der Waals surface area contributed by atoms with Gasteiger partial charge in [-0.3, -0.25) is 4.79 Å². The van der Waals surface area contributed by atoms with Gasteiger partial charge in [-0.2, -0.15) is 0 Å². The Morgan fingerprint density at radius 3 is 2.87 bits per heavy atom. The lowest BCUT2D eigenvalue weighted by molar-refractivity contribution is -0.122. The number of carbonyl (C=O) groups is 1. The summed E-state index contributed by atoms with van der Waals surface area (Å²) in [6.45, 7) is 0.506. The zero-order valence-electron chi connectivity index (χ0n) is 12.7. The van der Waals surface area contributed by atoms with Gasteiger partial charge in [-0.25, -0.2) is 0 Å². The Balaban J connectivity index is 0.000000595. The van der Waals surface area contributed by atoms with E-state index in [9.17, 15) is 0 Å². The van der Waals surface area contributed by atoms with Gasteiger partial charge in [-0.15, -0.1) is 11.8 Å². The van der Waals surface area contributed by atoms with Crippen LogP contribution in [0, 0.1) is 0 Å². The number of rotatable bonds is 4. The molecule has 23 heavy (non-hydrogen) atoms. The molecule has 3 rings (SSSR count). The molecule has 0 bridgehead atoms. The fourth-order valence-corrected chi connectivity index (χ4v) is 3.56. The van der Waals surface area contributed by atoms with Gasteiger partial charge in [-0.1, -0.05) is 23.7 Å². The second-order valence-electron chi connectivity index (χ2n) is 4.86. The van der Waals surface area contributed by atoms with Crippen LogP contribution >= 0.6 is 23.4 Å². The molecule has 0 amide bonds. The SMILES string of the molecule is CNCc1ccc(Cl)cc1Oc1ccc2c(c1)SCC2.O=CO. The number of hydrogen-bond donors (Lipinski definition) is 2. The highest BCUT2D eigenvalue weighted by Gasteiger charge is 2.13. The summed E-state index contributed by atoms with van der Waals surface area (Å²) in [5, 5.41) is 10.7. The summed E-state index contributed by atoms with van der Waals surface area (Å²) in [5.41, 5.74) is 2.52. The minimum atomic E-state index is -0.250. The average molecular weight is 352 g/mol. The Morgan fingerprint density at radius 1 is 1.35 bits per heavy atom. The molecule has 0 aliphatic carbocycles. The molecule has 0 spiro atoms. The summed E-state index contributed by atoms with van der Waals surface area (Å²) in [6.07, 6.45) is 1.16. The van der Waals surface area contributed by atoms with E-state index in [2.05, 4.69) is 17.4 Å². The largest absolute Gasteiger partial charge is 0.483 e. The summed E-state index contributed by atoms with van der Waals surface area (Å²) < 4.78 is 6.03. The Kier molecular flexibility index (Phi) is 6.77. The highest BCUT2D eigenvalue weighted by atomic mass is 35.5. The lowest BCUT2D eigenvalue weighted by Crippen LogP contribution is -2.06. The predicted molar refractivity (Wildman–Crippen MR) is 93.9 cm³/mol. The van der Waals surface area contributed by atoms with Crippen LogP contribution in [0.15, 0.2) is 41.3 Å². The van der Waals surface area contributed by atoms with Crippen LogP contribution in [0.3, 0.4) is 0 Å². The van der Waals surface area contributed by atoms with Crippen LogP contribution in [0.4, 0.5) is 0 Å². The van der Waals surface area contributed by atoms with Crippen molar-refractivity contribution in [3.63, 3.8) is 0 Å². The van der Waals surface area contributed by atoms with Gasteiger partial charge in [0.05, 0.1) is 0 Å². The molecule has 1 aliphatic heterocycles. The maximum Gasteiger partial charge on any atom is 0.290 e. The van der Waals surface area contributed by atoms with E-state index in [1.54, 1.807) is 0 Å². The average Bonchev–Trinajstić information content (AvgIpc) is 2.98. The Labute approximate surface area is 144 Å². The number of hydrogen-bond acceptors (Lipinski definition) is 4. The molecule has 1 aliphatic rings. The van der Waals surface area contributed by atoms with E-state index in [1.807, 2.05) is 43.1 Å². The van der Waals surface area contributed by atoms with E-state index in [0.717, 1.165) is 30.0 Å². The molecule has 0 saturated carbocycles. The van der Waals surface area contributed by atoms with Crippen LogP contribution in [-0.2, 0) is 17.8 Å². The standard InChI is InChI=1S/C16H16ClNOS.CH2O2/c1-18-10-12-2-4-13(17)8-15(12)19-14-5-3-11-6-7-20-16(11)9-14;2-1-3/h2-5,8-9,18H,6-7,10H2,1H3;1H,(H,2,3). The first-order chi connectivity index (χ1) is 11.2. The van der Waals surface area contributed by atoms with Gasteiger partial charge in [0.15, 0.2) is 0 Å². The predicted octanol–water partition coefficient (Wildman–Crippen LogP) is 4.20. The van der Waals surface area contributed by atoms with E-state index in [-0.39, 0.29) is 6.47 Å². The number of halogens is 1. The number of ether oxygens (including phenoxy) is 1. The van der Waals surface area contributed by atoms with Crippen molar-refractivity contribution >= 4 is 29.8 Å². The van der Waals surface area contributed by atoms with Crippen molar-refractivity contribution in [2.24, 2.45) is 0 Å². The van der Waals surface area contributed by atoms with Crippen molar-refractivity contribution in [3.05, 3.63) is 52.5 Å². The van der Waals surface area contributed by atoms with Crippen molar-refractivity contribution in [3.8, 4) is 11.5 Å².